The number of halogens is 1. The monoisotopic (exact) mass is 476 g/mol. The highest BCUT2D eigenvalue weighted by Crippen LogP contribution is 2.16. The first kappa shape index (κ1) is 18.6. The van der Waals surface area contributed by atoms with Crippen LogP contribution < -0.4 is 10.6 Å². The second-order valence-corrected chi connectivity index (χ2v) is 7.86. The first-order valence-corrected chi connectivity index (χ1v) is 10.0. The first-order chi connectivity index (χ1) is 12.6. The van der Waals surface area contributed by atoms with Crippen LogP contribution in [0.3, 0.4) is 0 Å². The number of carbonyl (C=O) groups excluding carboxylic acids is 2. The molecule has 1 heterocycles. The highest BCUT2D eigenvalue weighted by atomic mass is 127. The summed E-state index contributed by atoms with van der Waals surface area (Å²) < 4.78 is 0.904. The van der Waals surface area contributed by atoms with Gasteiger partial charge in [-0.05, 0) is 63.9 Å². The van der Waals surface area contributed by atoms with Crippen molar-refractivity contribution in [3.63, 3.8) is 0 Å². The molecule has 0 fully saturated rings. The highest BCUT2D eigenvalue weighted by molar-refractivity contribution is 14.1. The molecule has 132 valence electrons. The van der Waals surface area contributed by atoms with Gasteiger partial charge in [0.15, 0.2) is 0 Å². The molecular formula is C20H17IN2O2S. The largest absolute Gasteiger partial charge is 0.351 e. The van der Waals surface area contributed by atoms with Gasteiger partial charge in [-0.3, -0.25) is 9.59 Å². The Morgan fingerprint density at radius 2 is 1.73 bits per heavy atom. The highest BCUT2D eigenvalue weighted by Gasteiger charge is 2.10. The van der Waals surface area contributed by atoms with Gasteiger partial charge >= 0.3 is 0 Å². The van der Waals surface area contributed by atoms with Crippen molar-refractivity contribution in [3.8, 4) is 0 Å². The van der Waals surface area contributed by atoms with Crippen molar-refractivity contribution >= 4 is 51.4 Å². The molecule has 0 saturated carbocycles. The van der Waals surface area contributed by atoms with E-state index < -0.39 is 0 Å². The quantitative estimate of drug-likeness (QED) is 0.517. The van der Waals surface area contributed by atoms with E-state index in [4.69, 9.17) is 0 Å². The molecule has 6 heteroatoms. The van der Waals surface area contributed by atoms with Gasteiger partial charge in [0.25, 0.3) is 5.91 Å². The molecule has 2 aromatic carbocycles. The molecular weight excluding hydrogens is 459 g/mol. The zero-order valence-electron chi connectivity index (χ0n) is 13.9. The molecule has 0 atom stereocenters. The fraction of sp³-hybridized carbons (Fsp3) is 0.100. The molecule has 0 aliphatic rings. The first-order valence-electron chi connectivity index (χ1n) is 8.06. The molecule has 2 N–H and O–H groups in total. The Kier molecular flexibility index (Phi) is 6.40. The predicted octanol–water partition coefficient (Wildman–Crippen LogP) is 4.46. The van der Waals surface area contributed by atoms with Gasteiger partial charge in [-0.2, -0.15) is 0 Å². The van der Waals surface area contributed by atoms with E-state index in [1.807, 2.05) is 60.0 Å². The smallest absolute Gasteiger partial charge is 0.256 e. The summed E-state index contributed by atoms with van der Waals surface area (Å²) in [5.74, 6) is -0.162. The topological polar surface area (TPSA) is 58.2 Å². The van der Waals surface area contributed by atoms with Crippen LogP contribution in [0.25, 0.3) is 0 Å². The van der Waals surface area contributed by atoms with E-state index in [1.165, 1.54) is 0 Å². The van der Waals surface area contributed by atoms with Crippen molar-refractivity contribution < 1.29 is 9.59 Å². The van der Waals surface area contributed by atoms with E-state index in [9.17, 15) is 9.59 Å². The Morgan fingerprint density at radius 3 is 2.42 bits per heavy atom. The number of amides is 2. The number of benzene rings is 2. The lowest BCUT2D eigenvalue weighted by molar-refractivity contribution is -0.120. The number of nitrogens with one attached hydrogen (secondary N) is 2. The minimum absolute atomic E-state index is 0.0194. The van der Waals surface area contributed by atoms with Crippen LogP contribution in [0.4, 0.5) is 5.69 Å². The molecule has 0 unspecified atom stereocenters. The molecule has 0 saturated heterocycles. The van der Waals surface area contributed by atoms with Crippen molar-refractivity contribution in [2.24, 2.45) is 0 Å². The normalized spacial score (nSPS) is 10.3. The Balaban J connectivity index is 1.54. The van der Waals surface area contributed by atoms with Gasteiger partial charge in [-0.1, -0.05) is 30.3 Å². The number of hydrogen-bond donors (Lipinski definition) is 2. The average Bonchev–Trinajstić information content (AvgIpc) is 3.15. The SMILES string of the molecule is O=C(Cc1ccc(NC(=O)c2ccccc2I)cc1)NCc1cccs1. The molecule has 3 rings (SSSR count). The van der Waals surface area contributed by atoms with Crippen LogP contribution >= 0.6 is 33.9 Å². The van der Waals surface area contributed by atoms with Gasteiger partial charge in [-0.25, -0.2) is 0 Å². The van der Waals surface area contributed by atoms with Crippen molar-refractivity contribution in [2.75, 3.05) is 5.32 Å². The van der Waals surface area contributed by atoms with E-state index in [0.29, 0.717) is 24.2 Å². The summed E-state index contributed by atoms with van der Waals surface area (Å²) in [6.07, 6.45) is 0.316. The molecule has 2 amide bonds. The van der Waals surface area contributed by atoms with Crippen LogP contribution in [-0.4, -0.2) is 11.8 Å². The minimum Gasteiger partial charge on any atom is -0.351 e. The second kappa shape index (κ2) is 8.95. The third kappa shape index (κ3) is 5.15. The van der Waals surface area contributed by atoms with Gasteiger partial charge in [-0.15, -0.1) is 11.3 Å². The van der Waals surface area contributed by atoms with Crippen LogP contribution in [0.2, 0.25) is 0 Å². The number of anilines is 1. The van der Waals surface area contributed by atoms with Gasteiger partial charge < -0.3 is 10.6 Å². The summed E-state index contributed by atoms with van der Waals surface area (Å²) in [5.41, 5.74) is 2.25. The maximum atomic E-state index is 12.3. The van der Waals surface area contributed by atoms with Crippen molar-refractivity contribution in [3.05, 3.63) is 85.6 Å². The molecule has 0 spiro atoms. The zero-order chi connectivity index (χ0) is 18.4. The third-order valence-corrected chi connectivity index (χ3v) is 5.55. The fourth-order valence-electron chi connectivity index (χ4n) is 2.40. The van der Waals surface area contributed by atoms with Crippen molar-refractivity contribution in [2.45, 2.75) is 13.0 Å². The van der Waals surface area contributed by atoms with E-state index in [0.717, 1.165) is 14.0 Å². The average molecular weight is 476 g/mol. The Bertz CT molecular complexity index is 892. The van der Waals surface area contributed by atoms with Gasteiger partial charge in [0.05, 0.1) is 18.5 Å². The molecule has 4 nitrogen and oxygen atoms in total. The van der Waals surface area contributed by atoms with Crippen LogP contribution in [0, 0.1) is 3.57 Å². The predicted molar refractivity (Wildman–Crippen MR) is 113 cm³/mol. The van der Waals surface area contributed by atoms with Gasteiger partial charge in [0.2, 0.25) is 5.91 Å². The Labute approximate surface area is 169 Å². The minimum atomic E-state index is -0.142. The molecule has 3 aromatic rings. The summed E-state index contributed by atoms with van der Waals surface area (Å²) in [7, 11) is 0. The summed E-state index contributed by atoms with van der Waals surface area (Å²) in [4.78, 5) is 25.5. The number of rotatable bonds is 6. The van der Waals surface area contributed by atoms with Gasteiger partial charge in [0.1, 0.15) is 0 Å². The number of carbonyl (C=O) groups is 2. The standard InChI is InChI=1S/C20H17IN2O2S/c21-18-6-2-1-5-17(18)20(25)23-15-9-7-14(8-10-15)12-19(24)22-13-16-4-3-11-26-16/h1-11H,12-13H2,(H,22,24)(H,23,25). The lowest BCUT2D eigenvalue weighted by atomic mass is 10.1. The number of hydrogen-bond acceptors (Lipinski definition) is 3. The maximum absolute atomic E-state index is 12.3. The maximum Gasteiger partial charge on any atom is 0.256 e. The molecule has 1 aromatic heterocycles. The van der Waals surface area contributed by atoms with E-state index in [-0.39, 0.29) is 11.8 Å². The molecule has 0 aliphatic heterocycles. The van der Waals surface area contributed by atoms with Crippen LogP contribution in [0.5, 0.6) is 0 Å². The Hall–Kier alpha value is -2.19. The number of thiophene rings is 1. The Morgan fingerprint density at radius 1 is 0.962 bits per heavy atom. The van der Waals surface area contributed by atoms with E-state index in [1.54, 1.807) is 17.4 Å². The summed E-state index contributed by atoms with van der Waals surface area (Å²) >= 11 is 3.77. The van der Waals surface area contributed by atoms with Crippen LogP contribution in [-0.2, 0) is 17.8 Å². The van der Waals surface area contributed by atoms with E-state index in [2.05, 4.69) is 33.2 Å². The third-order valence-electron chi connectivity index (χ3n) is 3.73. The summed E-state index contributed by atoms with van der Waals surface area (Å²) in [6.45, 7) is 0.556. The van der Waals surface area contributed by atoms with Crippen molar-refractivity contribution in [1.82, 2.24) is 5.32 Å². The van der Waals surface area contributed by atoms with Crippen LogP contribution in [0.1, 0.15) is 20.8 Å². The van der Waals surface area contributed by atoms with Gasteiger partial charge in [0, 0.05) is 14.1 Å². The lowest BCUT2D eigenvalue weighted by Crippen LogP contribution is -2.24. The van der Waals surface area contributed by atoms with E-state index >= 15 is 0 Å². The summed E-state index contributed by atoms with van der Waals surface area (Å²) in [5, 5.41) is 7.78. The summed E-state index contributed by atoms with van der Waals surface area (Å²) in [6, 6.07) is 18.7. The zero-order valence-corrected chi connectivity index (χ0v) is 16.8. The molecule has 26 heavy (non-hydrogen) atoms. The molecule has 0 bridgehead atoms. The van der Waals surface area contributed by atoms with Crippen LogP contribution in [0.15, 0.2) is 66.0 Å². The van der Waals surface area contributed by atoms with Crippen molar-refractivity contribution in [1.29, 1.82) is 0 Å². The fourth-order valence-corrected chi connectivity index (χ4v) is 3.67. The molecule has 0 radical (unpaired) electrons. The second-order valence-electron chi connectivity index (χ2n) is 5.66. The lowest BCUT2D eigenvalue weighted by Gasteiger charge is -2.08. The molecule has 0 aliphatic carbocycles.